The molecule has 5 heteroatoms. The number of ether oxygens (including phenoxy) is 1. The first kappa shape index (κ1) is 16.4. The molecule has 0 amide bonds. The van der Waals surface area contributed by atoms with Crippen LogP contribution in [0.2, 0.25) is 0 Å². The van der Waals surface area contributed by atoms with E-state index in [9.17, 15) is 0 Å². The highest BCUT2D eigenvalue weighted by Crippen LogP contribution is 2.46. The van der Waals surface area contributed by atoms with E-state index in [1.807, 2.05) is 0 Å². The summed E-state index contributed by atoms with van der Waals surface area (Å²) in [6, 6.07) is 2.68. The Morgan fingerprint density at radius 1 is 1.33 bits per heavy atom. The fraction of sp³-hybridized carbons (Fsp3) is 0.750. The van der Waals surface area contributed by atoms with Crippen LogP contribution >= 0.6 is 43.2 Å². The predicted octanol–water partition coefficient (Wildman–Crippen LogP) is 5.66. The number of hydrogen-bond acceptors (Lipinski definition) is 3. The van der Waals surface area contributed by atoms with E-state index >= 15 is 0 Å². The van der Waals surface area contributed by atoms with Crippen molar-refractivity contribution >= 4 is 43.2 Å². The van der Waals surface area contributed by atoms with Crippen LogP contribution in [0, 0.1) is 5.92 Å². The standard InChI is InChI=1S/C16H23Br2NOS/c1-19-14(12-9-13(17)21-15(12)18)11-5-8-20-16(10-11)6-3-2-4-7-16/h9,11,14,19H,2-8,10H2,1H3. The van der Waals surface area contributed by atoms with Gasteiger partial charge in [0.2, 0.25) is 0 Å². The van der Waals surface area contributed by atoms with Gasteiger partial charge in [0.1, 0.15) is 0 Å². The number of nitrogens with one attached hydrogen (secondary N) is 1. The Hall–Kier alpha value is 0.580. The lowest BCUT2D eigenvalue weighted by molar-refractivity contribution is -0.121. The zero-order chi connectivity index (χ0) is 14.9. The molecule has 1 aromatic heterocycles. The zero-order valence-electron chi connectivity index (χ0n) is 12.5. The lowest BCUT2D eigenvalue weighted by Crippen LogP contribution is -2.44. The SMILES string of the molecule is CNC(c1cc(Br)sc1Br)C1CCOC2(CCCCC2)C1. The van der Waals surface area contributed by atoms with Crippen molar-refractivity contribution in [2.45, 2.75) is 56.6 Å². The summed E-state index contributed by atoms with van der Waals surface area (Å²) in [4.78, 5) is 0. The monoisotopic (exact) mass is 435 g/mol. The van der Waals surface area contributed by atoms with Crippen LogP contribution in [-0.2, 0) is 4.74 Å². The first-order chi connectivity index (χ1) is 10.1. The summed E-state index contributed by atoms with van der Waals surface area (Å²) in [5.41, 5.74) is 1.57. The molecule has 1 aliphatic carbocycles. The quantitative estimate of drug-likeness (QED) is 0.659. The maximum absolute atomic E-state index is 6.26. The minimum Gasteiger partial charge on any atom is -0.375 e. The number of halogens is 2. The molecule has 1 saturated carbocycles. The first-order valence-electron chi connectivity index (χ1n) is 7.89. The molecule has 3 rings (SSSR count). The molecule has 2 atom stereocenters. The molecular formula is C16H23Br2NOS. The second-order valence-corrected chi connectivity index (χ2v) is 10.1. The maximum Gasteiger partial charge on any atom is 0.0758 e. The number of rotatable bonds is 3. The molecule has 1 N–H and O–H groups in total. The average Bonchev–Trinajstić information content (AvgIpc) is 2.80. The lowest BCUT2D eigenvalue weighted by Gasteiger charge is -2.45. The minimum atomic E-state index is 0.177. The second kappa shape index (κ2) is 7.00. The summed E-state index contributed by atoms with van der Waals surface area (Å²) in [5, 5.41) is 3.56. The van der Waals surface area contributed by atoms with E-state index in [4.69, 9.17) is 4.74 Å². The predicted molar refractivity (Wildman–Crippen MR) is 96.0 cm³/mol. The van der Waals surface area contributed by atoms with Gasteiger partial charge in [0.15, 0.2) is 0 Å². The molecule has 2 fully saturated rings. The Kier molecular flexibility index (Phi) is 5.48. The molecule has 1 aliphatic heterocycles. The van der Waals surface area contributed by atoms with Crippen molar-refractivity contribution in [3.8, 4) is 0 Å². The summed E-state index contributed by atoms with van der Waals surface area (Å²) >= 11 is 9.11. The molecule has 118 valence electrons. The van der Waals surface area contributed by atoms with Crippen LogP contribution in [0.5, 0.6) is 0 Å². The van der Waals surface area contributed by atoms with Gasteiger partial charge in [-0.15, -0.1) is 11.3 Å². The van der Waals surface area contributed by atoms with Gasteiger partial charge in [0, 0.05) is 12.6 Å². The molecule has 2 unspecified atom stereocenters. The Bertz CT molecular complexity index is 479. The molecule has 2 heterocycles. The van der Waals surface area contributed by atoms with Crippen LogP contribution in [-0.4, -0.2) is 19.3 Å². The third kappa shape index (κ3) is 3.57. The lowest BCUT2D eigenvalue weighted by atomic mass is 9.73. The normalized spacial score (nSPS) is 26.9. The minimum absolute atomic E-state index is 0.177. The Morgan fingerprint density at radius 2 is 2.10 bits per heavy atom. The van der Waals surface area contributed by atoms with Crippen molar-refractivity contribution in [1.29, 1.82) is 0 Å². The van der Waals surface area contributed by atoms with E-state index in [0.717, 1.165) is 13.0 Å². The van der Waals surface area contributed by atoms with E-state index in [-0.39, 0.29) is 5.60 Å². The van der Waals surface area contributed by atoms with Crippen molar-refractivity contribution in [3.05, 3.63) is 19.2 Å². The second-order valence-electron chi connectivity index (χ2n) is 6.39. The summed E-state index contributed by atoms with van der Waals surface area (Å²) in [5.74, 6) is 0.666. The molecule has 0 bridgehead atoms. The van der Waals surface area contributed by atoms with Crippen LogP contribution in [0.25, 0.3) is 0 Å². The van der Waals surface area contributed by atoms with Gasteiger partial charge >= 0.3 is 0 Å². The number of thiophene rings is 1. The summed E-state index contributed by atoms with van der Waals surface area (Å²) in [6.07, 6.45) is 8.94. The highest BCUT2D eigenvalue weighted by atomic mass is 79.9. The van der Waals surface area contributed by atoms with E-state index in [0.29, 0.717) is 12.0 Å². The molecular weight excluding hydrogens is 414 g/mol. The van der Waals surface area contributed by atoms with Crippen molar-refractivity contribution in [2.75, 3.05) is 13.7 Å². The van der Waals surface area contributed by atoms with Crippen molar-refractivity contribution < 1.29 is 4.74 Å². The molecule has 21 heavy (non-hydrogen) atoms. The fourth-order valence-electron chi connectivity index (χ4n) is 4.10. The van der Waals surface area contributed by atoms with Crippen LogP contribution in [0.15, 0.2) is 13.6 Å². The van der Waals surface area contributed by atoms with Crippen LogP contribution in [0.3, 0.4) is 0 Å². The number of hydrogen-bond donors (Lipinski definition) is 1. The topological polar surface area (TPSA) is 21.3 Å². The van der Waals surface area contributed by atoms with E-state index in [2.05, 4.69) is 50.3 Å². The van der Waals surface area contributed by atoms with Gasteiger partial charge in [-0.1, -0.05) is 19.3 Å². The van der Waals surface area contributed by atoms with E-state index in [1.54, 1.807) is 11.3 Å². The third-order valence-corrected chi connectivity index (χ3v) is 7.48. The average molecular weight is 437 g/mol. The van der Waals surface area contributed by atoms with Gasteiger partial charge in [-0.3, -0.25) is 0 Å². The molecule has 1 spiro atoms. The van der Waals surface area contributed by atoms with Crippen molar-refractivity contribution in [1.82, 2.24) is 5.32 Å². The summed E-state index contributed by atoms with van der Waals surface area (Å²) < 4.78 is 8.70. The van der Waals surface area contributed by atoms with Crippen molar-refractivity contribution in [2.24, 2.45) is 5.92 Å². The molecule has 1 saturated heterocycles. The molecule has 0 aromatic carbocycles. The van der Waals surface area contributed by atoms with E-state index < -0.39 is 0 Å². The molecule has 2 nitrogen and oxygen atoms in total. The zero-order valence-corrected chi connectivity index (χ0v) is 16.4. The Balaban J connectivity index is 1.78. The third-order valence-electron chi connectivity index (χ3n) is 5.10. The highest BCUT2D eigenvalue weighted by Gasteiger charge is 2.41. The van der Waals surface area contributed by atoms with Crippen LogP contribution in [0.1, 0.15) is 56.6 Å². The molecule has 1 aromatic rings. The van der Waals surface area contributed by atoms with Gasteiger partial charge < -0.3 is 10.1 Å². The van der Waals surface area contributed by atoms with Crippen molar-refractivity contribution in [3.63, 3.8) is 0 Å². The maximum atomic E-state index is 6.26. The summed E-state index contributed by atoms with van der Waals surface area (Å²) in [6.45, 7) is 0.922. The smallest absolute Gasteiger partial charge is 0.0758 e. The van der Waals surface area contributed by atoms with Gasteiger partial charge in [-0.05, 0) is 82.1 Å². The van der Waals surface area contributed by atoms with Gasteiger partial charge in [-0.2, -0.15) is 0 Å². The summed E-state index contributed by atoms with van der Waals surface area (Å²) in [7, 11) is 2.09. The van der Waals surface area contributed by atoms with Gasteiger partial charge in [-0.25, -0.2) is 0 Å². The fourth-order valence-corrected chi connectivity index (χ4v) is 7.03. The molecule has 2 aliphatic rings. The highest BCUT2D eigenvalue weighted by molar-refractivity contribution is 9.12. The largest absolute Gasteiger partial charge is 0.375 e. The van der Waals surface area contributed by atoms with Crippen LogP contribution in [0.4, 0.5) is 0 Å². The Morgan fingerprint density at radius 3 is 2.71 bits per heavy atom. The Labute approximate surface area is 148 Å². The molecule has 0 radical (unpaired) electrons. The van der Waals surface area contributed by atoms with E-state index in [1.165, 1.54) is 51.7 Å². The van der Waals surface area contributed by atoms with Gasteiger partial charge in [0.05, 0.1) is 13.2 Å². The first-order valence-corrected chi connectivity index (χ1v) is 10.3. The van der Waals surface area contributed by atoms with Gasteiger partial charge in [0.25, 0.3) is 0 Å². The van der Waals surface area contributed by atoms with Crippen LogP contribution < -0.4 is 5.32 Å².